The number of aliphatic carboxylic acids is 1. The maximum absolute atomic E-state index is 13.8. The van der Waals surface area contributed by atoms with Crippen LogP contribution in [0.5, 0.6) is 5.88 Å². The second-order valence-corrected chi connectivity index (χ2v) is 12.2. The minimum absolute atomic E-state index is 0.0469. The van der Waals surface area contributed by atoms with E-state index in [9.17, 15) is 19.5 Å². The molecule has 0 unspecified atom stereocenters. The third-order valence-corrected chi connectivity index (χ3v) is 8.65. The predicted molar refractivity (Wildman–Crippen MR) is 161 cm³/mol. The van der Waals surface area contributed by atoms with E-state index in [4.69, 9.17) is 14.4 Å². The average molecular weight is 613 g/mol. The lowest BCUT2D eigenvalue weighted by Gasteiger charge is -2.29. The van der Waals surface area contributed by atoms with Gasteiger partial charge in [0.25, 0.3) is 5.88 Å². The van der Waals surface area contributed by atoms with E-state index in [0.717, 1.165) is 21.7 Å². The van der Waals surface area contributed by atoms with E-state index in [1.165, 1.54) is 4.90 Å². The molecule has 1 saturated heterocycles. The number of unbranched alkanes of at least 4 members (excludes halogenated alkanes) is 2. The lowest BCUT2D eigenvalue weighted by molar-refractivity contribution is -0.141. The first-order chi connectivity index (χ1) is 20.5. The van der Waals surface area contributed by atoms with Crippen LogP contribution in [0.25, 0.3) is 10.4 Å². The fourth-order valence-electron chi connectivity index (χ4n) is 5.33. The summed E-state index contributed by atoms with van der Waals surface area (Å²) in [6.07, 6.45) is 1.39. The first-order valence-corrected chi connectivity index (χ1v) is 15.5. The Kier molecular flexibility index (Phi) is 10.9. The molecule has 1 aliphatic rings. The number of nitrogens with one attached hydrogen (secondary N) is 1. The number of thiazole rings is 1. The van der Waals surface area contributed by atoms with Crippen molar-refractivity contribution < 1.29 is 33.9 Å². The van der Waals surface area contributed by atoms with Crippen molar-refractivity contribution in [2.45, 2.75) is 83.9 Å². The van der Waals surface area contributed by atoms with Gasteiger partial charge in [-0.15, -0.1) is 11.3 Å². The number of likely N-dealkylation sites (tertiary alicyclic amines) is 1. The van der Waals surface area contributed by atoms with Crippen molar-refractivity contribution in [3.05, 3.63) is 52.9 Å². The molecule has 3 N–H and O–H groups in total. The Morgan fingerprint density at radius 1 is 1.16 bits per heavy atom. The molecule has 3 aromatic rings. The quantitative estimate of drug-likeness (QED) is 0.220. The van der Waals surface area contributed by atoms with E-state index in [1.54, 1.807) is 17.4 Å². The van der Waals surface area contributed by atoms with E-state index in [2.05, 4.69) is 15.5 Å². The molecule has 0 saturated carbocycles. The van der Waals surface area contributed by atoms with Gasteiger partial charge in [-0.3, -0.25) is 14.4 Å². The van der Waals surface area contributed by atoms with Gasteiger partial charge in [0, 0.05) is 25.5 Å². The summed E-state index contributed by atoms with van der Waals surface area (Å²) in [6, 6.07) is 8.42. The molecule has 232 valence electrons. The number of nitrogens with zero attached hydrogens (tertiary/aromatic N) is 3. The van der Waals surface area contributed by atoms with Gasteiger partial charge in [-0.2, -0.15) is 0 Å². The van der Waals surface area contributed by atoms with Gasteiger partial charge in [-0.1, -0.05) is 38.1 Å². The number of aliphatic hydroxyl groups is 1. The minimum atomic E-state index is -0.824. The first-order valence-electron chi connectivity index (χ1n) is 14.7. The van der Waals surface area contributed by atoms with Crippen molar-refractivity contribution in [1.29, 1.82) is 0 Å². The molecule has 43 heavy (non-hydrogen) atoms. The van der Waals surface area contributed by atoms with Gasteiger partial charge >= 0.3 is 5.97 Å². The number of aliphatic hydroxyl groups excluding tert-OH is 1. The Morgan fingerprint density at radius 2 is 1.91 bits per heavy atom. The number of aryl methyl sites for hydroxylation is 1. The third-order valence-electron chi connectivity index (χ3n) is 7.67. The maximum Gasteiger partial charge on any atom is 0.303 e. The summed E-state index contributed by atoms with van der Waals surface area (Å²) >= 11 is 1.58. The highest BCUT2D eigenvalue weighted by atomic mass is 32.1. The van der Waals surface area contributed by atoms with Crippen molar-refractivity contribution in [2.24, 2.45) is 5.92 Å². The van der Waals surface area contributed by atoms with Crippen LogP contribution in [-0.2, 0) is 14.4 Å². The number of aromatic nitrogens is 2. The number of carbonyl (C=O) groups is 3. The molecule has 2 amide bonds. The number of carboxylic acids is 1. The zero-order valence-corrected chi connectivity index (χ0v) is 25.8. The molecule has 0 spiro atoms. The molecule has 1 aliphatic heterocycles. The monoisotopic (exact) mass is 612 g/mol. The number of carboxylic acid groups (broad SMARTS) is 1. The molecule has 0 bridgehead atoms. The van der Waals surface area contributed by atoms with Crippen LogP contribution in [-0.4, -0.2) is 68.3 Å². The second kappa shape index (κ2) is 14.6. The van der Waals surface area contributed by atoms with Crippen LogP contribution in [0.1, 0.15) is 81.9 Å². The Hall–Kier alpha value is -3.77. The van der Waals surface area contributed by atoms with Crippen LogP contribution in [0.15, 0.2) is 40.4 Å². The number of carbonyl (C=O) groups excluding carboxylic acids is 2. The number of β-amino-alcohol motifs (C(OH)–C–C–N with tert-alkyl or cyclic N) is 1. The Labute approximate surface area is 255 Å². The van der Waals surface area contributed by atoms with E-state index in [-0.39, 0.29) is 49.0 Å². The van der Waals surface area contributed by atoms with Crippen molar-refractivity contribution in [3.63, 3.8) is 0 Å². The fraction of sp³-hybridized carbons (Fsp3) is 0.516. The van der Waals surface area contributed by atoms with Gasteiger partial charge in [0.2, 0.25) is 11.8 Å². The summed E-state index contributed by atoms with van der Waals surface area (Å²) in [5, 5.41) is 26.2. The van der Waals surface area contributed by atoms with Crippen LogP contribution < -0.4 is 10.1 Å². The predicted octanol–water partition coefficient (Wildman–Crippen LogP) is 4.71. The Bertz CT molecular complexity index is 1390. The fourth-order valence-corrected chi connectivity index (χ4v) is 6.15. The number of hydrogen-bond donors (Lipinski definition) is 3. The lowest BCUT2D eigenvalue weighted by Crippen LogP contribution is -2.48. The molecule has 2 aromatic heterocycles. The molecule has 4 atom stereocenters. The molecular weight excluding hydrogens is 572 g/mol. The molecular formula is C31H40N4O7S. The summed E-state index contributed by atoms with van der Waals surface area (Å²) < 4.78 is 11.1. The van der Waals surface area contributed by atoms with E-state index < -0.39 is 24.0 Å². The molecule has 1 aromatic carbocycles. The van der Waals surface area contributed by atoms with Crippen LogP contribution >= 0.6 is 11.3 Å². The van der Waals surface area contributed by atoms with Crippen LogP contribution in [0.4, 0.5) is 0 Å². The van der Waals surface area contributed by atoms with Gasteiger partial charge in [0.15, 0.2) is 5.76 Å². The van der Waals surface area contributed by atoms with E-state index >= 15 is 0 Å². The number of amides is 2. The summed E-state index contributed by atoms with van der Waals surface area (Å²) in [4.78, 5) is 44.8. The second-order valence-electron chi connectivity index (χ2n) is 11.4. The summed E-state index contributed by atoms with van der Waals surface area (Å²) in [6.45, 7) is 8.02. The summed E-state index contributed by atoms with van der Waals surface area (Å²) in [7, 11) is 0. The highest BCUT2D eigenvalue weighted by molar-refractivity contribution is 7.13. The minimum Gasteiger partial charge on any atom is -0.481 e. The Balaban J connectivity index is 1.38. The van der Waals surface area contributed by atoms with Gasteiger partial charge in [-0.05, 0) is 55.3 Å². The van der Waals surface area contributed by atoms with Gasteiger partial charge in [-0.25, -0.2) is 4.98 Å². The van der Waals surface area contributed by atoms with Crippen LogP contribution in [0.3, 0.4) is 0 Å². The SMILES string of the molecule is Cc1ncsc1-c1ccc([C@H](C)NC(=O)[C@@H]2C[C@@H](O)CN2C(=O)[C@@H](c2cc(OCCCCCC(=O)O)no2)C(C)C)cc1. The van der Waals surface area contributed by atoms with Crippen molar-refractivity contribution in [3.8, 4) is 16.3 Å². The molecule has 3 heterocycles. The van der Waals surface area contributed by atoms with Gasteiger partial charge in [0.05, 0.1) is 34.8 Å². The normalized spacial score (nSPS) is 18.0. The van der Waals surface area contributed by atoms with Gasteiger partial charge in [0.1, 0.15) is 12.0 Å². The summed E-state index contributed by atoms with van der Waals surface area (Å²) in [5.74, 6) is -1.80. The molecule has 4 rings (SSSR count). The first kappa shape index (κ1) is 32.2. The largest absolute Gasteiger partial charge is 0.481 e. The highest BCUT2D eigenvalue weighted by Gasteiger charge is 2.43. The number of hydrogen-bond acceptors (Lipinski definition) is 9. The zero-order chi connectivity index (χ0) is 31.1. The van der Waals surface area contributed by atoms with Crippen molar-refractivity contribution in [1.82, 2.24) is 20.4 Å². The van der Waals surface area contributed by atoms with E-state index in [0.29, 0.717) is 31.6 Å². The smallest absolute Gasteiger partial charge is 0.303 e. The van der Waals surface area contributed by atoms with Crippen LogP contribution in [0, 0.1) is 12.8 Å². The molecule has 0 aliphatic carbocycles. The average Bonchev–Trinajstić information content (AvgIpc) is 3.70. The number of rotatable bonds is 14. The maximum atomic E-state index is 13.8. The van der Waals surface area contributed by atoms with E-state index in [1.807, 2.05) is 57.5 Å². The van der Waals surface area contributed by atoms with Gasteiger partial charge < -0.3 is 29.7 Å². The lowest BCUT2D eigenvalue weighted by atomic mass is 9.91. The number of benzene rings is 1. The molecule has 0 radical (unpaired) electrons. The van der Waals surface area contributed by atoms with Crippen LogP contribution in [0.2, 0.25) is 0 Å². The highest BCUT2D eigenvalue weighted by Crippen LogP contribution is 2.33. The molecule has 1 fully saturated rings. The molecule has 12 heteroatoms. The van der Waals surface area contributed by atoms with Crippen molar-refractivity contribution >= 4 is 29.1 Å². The summed E-state index contributed by atoms with van der Waals surface area (Å²) in [5.41, 5.74) is 4.78. The third kappa shape index (κ3) is 8.20. The standard InChI is InChI=1S/C31H40N4O7S/c1-18(2)28(25-15-26(34-42-25)41-13-7-5-6-8-27(37)38)31(40)35-16-23(36)14-24(35)30(39)33-19(3)21-9-11-22(12-10-21)29-20(4)32-17-43-29/h9-12,15,17-19,23-24,28,36H,5-8,13-14,16H2,1-4H3,(H,33,39)(H,37,38)/t19-,23+,24-,28+/m0/s1. The topological polar surface area (TPSA) is 155 Å². The zero-order valence-electron chi connectivity index (χ0n) is 25.0. The van der Waals surface area contributed by atoms with Crippen molar-refractivity contribution in [2.75, 3.05) is 13.2 Å². The molecule has 11 nitrogen and oxygen atoms in total. The Morgan fingerprint density at radius 3 is 2.56 bits per heavy atom. The number of ether oxygens (including phenoxy) is 1.